The standard InChI is InChI=1S/C14H19N5S2/c1-8(2)5-12-17-18-13(21-12)15-6-11-10(4)16-14-19(11)7-9(3)20-14/h7-8H,5-6H2,1-4H3,(H,15,18). The highest BCUT2D eigenvalue weighted by Crippen LogP contribution is 2.23. The van der Waals surface area contributed by atoms with Gasteiger partial charge in [0.25, 0.3) is 0 Å². The van der Waals surface area contributed by atoms with Gasteiger partial charge in [-0.25, -0.2) is 4.98 Å². The van der Waals surface area contributed by atoms with Crippen LogP contribution in [0.4, 0.5) is 5.13 Å². The van der Waals surface area contributed by atoms with Crippen LogP contribution >= 0.6 is 22.7 Å². The van der Waals surface area contributed by atoms with Gasteiger partial charge >= 0.3 is 0 Å². The first-order valence-corrected chi connectivity index (χ1v) is 8.66. The van der Waals surface area contributed by atoms with E-state index in [4.69, 9.17) is 0 Å². The fourth-order valence-electron chi connectivity index (χ4n) is 2.24. The zero-order chi connectivity index (χ0) is 15.0. The Hall–Kier alpha value is -1.47. The number of thiazole rings is 1. The van der Waals surface area contributed by atoms with Crippen LogP contribution in [0.3, 0.4) is 0 Å². The van der Waals surface area contributed by atoms with Crippen LogP contribution in [-0.4, -0.2) is 19.6 Å². The molecule has 0 aromatic carbocycles. The van der Waals surface area contributed by atoms with E-state index in [1.165, 1.54) is 10.6 Å². The molecule has 3 aromatic rings. The summed E-state index contributed by atoms with van der Waals surface area (Å²) in [7, 11) is 0. The smallest absolute Gasteiger partial charge is 0.205 e. The molecule has 0 atom stereocenters. The number of imidazole rings is 1. The maximum atomic E-state index is 4.60. The van der Waals surface area contributed by atoms with Gasteiger partial charge in [-0.15, -0.1) is 21.5 Å². The second kappa shape index (κ2) is 5.73. The van der Waals surface area contributed by atoms with E-state index in [-0.39, 0.29) is 0 Å². The van der Waals surface area contributed by atoms with Crippen LogP contribution in [0.5, 0.6) is 0 Å². The Labute approximate surface area is 132 Å². The molecule has 0 unspecified atom stereocenters. The van der Waals surface area contributed by atoms with Crippen molar-refractivity contribution in [3.05, 3.63) is 27.5 Å². The SMILES string of the molecule is Cc1cn2c(CNc3nnc(CC(C)C)s3)c(C)nc2s1. The Morgan fingerprint density at radius 1 is 1.24 bits per heavy atom. The first-order chi connectivity index (χ1) is 10.0. The Kier molecular flexibility index (Phi) is 3.95. The van der Waals surface area contributed by atoms with Gasteiger partial charge in [0.2, 0.25) is 5.13 Å². The van der Waals surface area contributed by atoms with Gasteiger partial charge in [0.15, 0.2) is 4.96 Å². The minimum absolute atomic E-state index is 0.608. The number of hydrogen-bond acceptors (Lipinski definition) is 6. The fraction of sp³-hybridized carbons (Fsp3) is 0.500. The van der Waals surface area contributed by atoms with Crippen LogP contribution in [0, 0.1) is 19.8 Å². The molecule has 7 heteroatoms. The molecular weight excluding hydrogens is 302 g/mol. The lowest BCUT2D eigenvalue weighted by atomic mass is 10.1. The summed E-state index contributed by atoms with van der Waals surface area (Å²) in [6, 6.07) is 0. The van der Waals surface area contributed by atoms with Crippen molar-refractivity contribution in [2.24, 2.45) is 5.92 Å². The second-order valence-electron chi connectivity index (χ2n) is 5.59. The predicted molar refractivity (Wildman–Crippen MR) is 88.3 cm³/mol. The average Bonchev–Trinajstić information content (AvgIpc) is 3.02. The molecule has 3 heterocycles. The summed E-state index contributed by atoms with van der Waals surface area (Å²) < 4.78 is 2.17. The molecule has 0 amide bonds. The van der Waals surface area contributed by atoms with Crippen molar-refractivity contribution in [2.75, 3.05) is 5.32 Å². The minimum Gasteiger partial charge on any atom is -0.354 e. The number of rotatable bonds is 5. The summed E-state index contributed by atoms with van der Waals surface area (Å²) >= 11 is 3.36. The van der Waals surface area contributed by atoms with Crippen molar-refractivity contribution in [3.63, 3.8) is 0 Å². The van der Waals surface area contributed by atoms with Crippen molar-refractivity contribution < 1.29 is 0 Å². The van der Waals surface area contributed by atoms with Gasteiger partial charge in [-0.1, -0.05) is 25.2 Å². The van der Waals surface area contributed by atoms with Gasteiger partial charge in [0, 0.05) is 17.5 Å². The molecule has 3 rings (SSSR count). The zero-order valence-corrected chi connectivity index (χ0v) is 14.3. The van der Waals surface area contributed by atoms with Gasteiger partial charge < -0.3 is 5.32 Å². The van der Waals surface area contributed by atoms with Crippen molar-refractivity contribution in [3.8, 4) is 0 Å². The molecule has 0 saturated heterocycles. The quantitative estimate of drug-likeness (QED) is 0.779. The molecule has 0 spiro atoms. The van der Waals surface area contributed by atoms with Crippen LogP contribution in [0.1, 0.15) is 35.1 Å². The first kappa shape index (κ1) is 14.5. The van der Waals surface area contributed by atoms with Crippen molar-refractivity contribution in [1.29, 1.82) is 0 Å². The summed E-state index contributed by atoms with van der Waals surface area (Å²) in [4.78, 5) is 6.93. The highest BCUT2D eigenvalue weighted by Gasteiger charge is 2.12. The highest BCUT2D eigenvalue weighted by atomic mass is 32.1. The molecule has 3 aromatic heterocycles. The normalized spacial score (nSPS) is 11.7. The number of anilines is 1. The average molecular weight is 321 g/mol. The molecule has 0 saturated carbocycles. The molecule has 0 aliphatic heterocycles. The van der Waals surface area contributed by atoms with E-state index in [1.807, 2.05) is 0 Å². The van der Waals surface area contributed by atoms with Crippen molar-refractivity contribution in [2.45, 2.75) is 40.7 Å². The molecule has 0 aliphatic carbocycles. The lowest BCUT2D eigenvalue weighted by Crippen LogP contribution is -2.03. The van der Waals surface area contributed by atoms with Crippen LogP contribution in [0.15, 0.2) is 6.20 Å². The number of nitrogens with one attached hydrogen (secondary N) is 1. The maximum absolute atomic E-state index is 4.60. The van der Waals surface area contributed by atoms with E-state index < -0.39 is 0 Å². The summed E-state index contributed by atoms with van der Waals surface area (Å²) in [6.07, 6.45) is 3.13. The predicted octanol–water partition coefficient (Wildman–Crippen LogP) is 3.67. The molecule has 0 bridgehead atoms. The van der Waals surface area contributed by atoms with Crippen LogP contribution < -0.4 is 5.32 Å². The van der Waals surface area contributed by atoms with Gasteiger partial charge in [-0.3, -0.25) is 4.40 Å². The highest BCUT2D eigenvalue weighted by molar-refractivity contribution is 7.17. The zero-order valence-electron chi connectivity index (χ0n) is 12.7. The number of fused-ring (bicyclic) bond motifs is 1. The fourth-order valence-corrected chi connectivity index (χ4v) is 4.08. The molecule has 0 radical (unpaired) electrons. The largest absolute Gasteiger partial charge is 0.354 e. The first-order valence-electron chi connectivity index (χ1n) is 7.03. The van der Waals surface area contributed by atoms with E-state index >= 15 is 0 Å². The molecule has 1 N–H and O–H groups in total. The molecule has 21 heavy (non-hydrogen) atoms. The Bertz CT molecular complexity index is 753. The molecular formula is C14H19N5S2. The van der Waals surface area contributed by atoms with Crippen molar-refractivity contribution in [1.82, 2.24) is 19.6 Å². The third kappa shape index (κ3) is 3.08. The summed E-state index contributed by atoms with van der Waals surface area (Å²) in [5, 5.41) is 13.8. The monoisotopic (exact) mass is 321 g/mol. The van der Waals surface area contributed by atoms with Gasteiger partial charge in [0.05, 0.1) is 17.9 Å². The Morgan fingerprint density at radius 2 is 2.05 bits per heavy atom. The lowest BCUT2D eigenvalue weighted by molar-refractivity contribution is 0.640. The number of hydrogen-bond donors (Lipinski definition) is 1. The van der Waals surface area contributed by atoms with Crippen molar-refractivity contribution >= 4 is 32.8 Å². The van der Waals surface area contributed by atoms with Gasteiger partial charge in [-0.2, -0.15) is 0 Å². The molecule has 0 fully saturated rings. The van der Waals surface area contributed by atoms with E-state index in [0.29, 0.717) is 5.92 Å². The van der Waals surface area contributed by atoms with Gasteiger partial charge in [0.1, 0.15) is 5.01 Å². The lowest BCUT2D eigenvalue weighted by Gasteiger charge is -2.02. The molecule has 112 valence electrons. The summed E-state index contributed by atoms with van der Waals surface area (Å²) in [5.41, 5.74) is 2.26. The van der Waals surface area contributed by atoms with E-state index in [9.17, 15) is 0 Å². The molecule has 0 aliphatic rings. The Morgan fingerprint density at radius 3 is 2.81 bits per heavy atom. The van der Waals surface area contributed by atoms with E-state index in [2.05, 4.69) is 58.8 Å². The minimum atomic E-state index is 0.608. The third-order valence-electron chi connectivity index (χ3n) is 3.20. The Balaban J connectivity index is 1.74. The van der Waals surface area contributed by atoms with Gasteiger partial charge in [-0.05, 0) is 19.8 Å². The van der Waals surface area contributed by atoms with E-state index in [0.717, 1.165) is 33.8 Å². The number of aromatic nitrogens is 4. The van der Waals surface area contributed by atoms with E-state index in [1.54, 1.807) is 22.7 Å². The molecule has 5 nitrogen and oxygen atoms in total. The van der Waals surface area contributed by atoms with Crippen LogP contribution in [0.2, 0.25) is 0 Å². The summed E-state index contributed by atoms with van der Waals surface area (Å²) in [6.45, 7) is 9.27. The van der Waals surface area contributed by atoms with Crippen LogP contribution in [0.25, 0.3) is 4.96 Å². The topological polar surface area (TPSA) is 55.1 Å². The number of aryl methyl sites for hydroxylation is 2. The third-order valence-corrected chi connectivity index (χ3v) is 5.00. The number of nitrogens with zero attached hydrogens (tertiary/aromatic N) is 4. The second-order valence-corrected chi connectivity index (χ2v) is 7.87. The summed E-state index contributed by atoms with van der Waals surface area (Å²) in [5.74, 6) is 0.608. The van der Waals surface area contributed by atoms with Crippen LogP contribution in [-0.2, 0) is 13.0 Å². The maximum Gasteiger partial charge on any atom is 0.205 e.